The molecule has 8 heteroatoms. The fourth-order valence-electron chi connectivity index (χ4n) is 1.03. The highest BCUT2D eigenvalue weighted by molar-refractivity contribution is 7.16. The van der Waals surface area contributed by atoms with Crippen molar-refractivity contribution in [1.29, 1.82) is 0 Å². The van der Waals surface area contributed by atoms with Gasteiger partial charge in [-0.3, -0.25) is 5.32 Å². The molecule has 0 bridgehead atoms. The fraction of sp³-hybridized carbons (Fsp3) is 0. The molecule has 7 nitrogen and oxygen atoms in total. The number of urea groups is 1. The lowest BCUT2D eigenvalue weighted by Crippen LogP contribution is -2.18. The molecular weight excluding hydrogens is 252 g/mol. The number of nitrogens with one attached hydrogen (secondary N) is 1. The zero-order valence-electron chi connectivity index (χ0n) is 9.04. The van der Waals surface area contributed by atoms with Crippen LogP contribution < -0.4 is 16.8 Å². The number of carbonyl (C=O) groups excluding carboxylic acids is 1. The van der Waals surface area contributed by atoms with E-state index in [1.165, 1.54) is 23.7 Å². The van der Waals surface area contributed by atoms with Crippen LogP contribution in [0.1, 0.15) is 10.4 Å². The average Bonchev–Trinajstić information content (AvgIpc) is 2.75. The Bertz CT molecular complexity index is 624. The molecule has 0 atom stereocenters. The first-order valence-electron chi connectivity index (χ1n) is 4.75. The van der Waals surface area contributed by atoms with Crippen molar-refractivity contribution in [3.63, 3.8) is 0 Å². The Hall–Kier alpha value is -2.66. The minimum Gasteiger partial charge on any atom is -0.368 e. The smallest absolute Gasteiger partial charge is 0.318 e. The summed E-state index contributed by atoms with van der Waals surface area (Å²) < 4.78 is 0. The van der Waals surface area contributed by atoms with Gasteiger partial charge in [0.25, 0.3) is 0 Å². The molecular formula is C10H8N6OS. The molecule has 0 aliphatic carbocycles. The number of primary amides is 1. The summed E-state index contributed by atoms with van der Waals surface area (Å²) in [7, 11) is 0. The van der Waals surface area contributed by atoms with Crippen molar-refractivity contribution in [3.05, 3.63) is 29.0 Å². The summed E-state index contributed by atoms with van der Waals surface area (Å²) in [5, 5.41) is 2.77. The normalized spacial score (nSPS) is 9.33. The summed E-state index contributed by atoms with van der Waals surface area (Å²) in [4.78, 5) is 22.9. The predicted molar refractivity (Wildman–Crippen MR) is 67.7 cm³/mol. The highest BCUT2D eigenvalue weighted by Gasteiger charge is 2.01. The van der Waals surface area contributed by atoms with Crippen molar-refractivity contribution in [2.75, 3.05) is 11.1 Å². The van der Waals surface area contributed by atoms with Crippen LogP contribution in [0.15, 0.2) is 18.6 Å². The first-order valence-corrected chi connectivity index (χ1v) is 5.57. The van der Waals surface area contributed by atoms with E-state index in [0.717, 1.165) is 0 Å². The summed E-state index contributed by atoms with van der Waals surface area (Å²) >= 11 is 1.22. The number of amides is 2. The maximum atomic E-state index is 10.6. The molecule has 5 N–H and O–H groups in total. The molecule has 0 aromatic carbocycles. The van der Waals surface area contributed by atoms with Crippen molar-refractivity contribution in [3.8, 4) is 11.8 Å². The highest BCUT2D eigenvalue weighted by atomic mass is 32.1. The summed E-state index contributed by atoms with van der Waals surface area (Å²) in [5.41, 5.74) is 11.0. The molecule has 0 unspecified atom stereocenters. The van der Waals surface area contributed by atoms with Crippen molar-refractivity contribution in [2.45, 2.75) is 0 Å². The Kier molecular flexibility index (Phi) is 3.36. The van der Waals surface area contributed by atoms with Gasteiger partial charge in [-0.1, -0.05) is 17.3 Å². The van der Waals surface area contributed by atoms with E-state index in [0.29, 0.717) is 15.6 Å². The van der Waals surface area contributed by atoms with Crippen LogP contribution in [0.4, 0.5) is 15.9 Å². The summed E-state index contributed by atoms with van der Waals surface area (Å²) in [6.45, 7) is 0. The monoisotopic (exact) mass is 260 g/mol. The summed E-state index contributed by atoms with van der Waals surface area (Å²) in [6.07, 6.45) is 4.60. The van der Waals surface area contributed by atoms with Gasteiger partial charge in [0, 0.05) is 12.4 Å². The lowest BCUT2D eigenvalue weighted by atomic mass is 10.3. The lowest BCUT2D eigenvalue weighted by Gasteiger charge is -1.91. The van der Waals surface area contributed by atoms with Crippen molar-refractivity contribution < 1.29 is 4.79 Å². The van der Waals surface area contributed by atoms with Crippen LogP contribution >= 0.6 is 11.3 Å². The molecule has 0 aliphatic rings. The quantitative estimate of drug-likeness (QED) is 0.641. The molecule has 2 rings (SSSR count). The number of nitrogens with zero attached hydrogens (tertiary/aromatic N) is 3. The Morgan fingerprint density at radius 3 is 2.61 bits per heavy atom. The third-order valence-electron chi connectivity index (χ3n) is 1.74. The van der Waals surface area contributed by atoms with E-state index in [1.54, 1.807) is 6.20 Å². The van der Waals surface area contributed by atoms with E-state index in [-0.39, 0.29) is 5.95 Å². The Morgan fingerprint density at radius 1 is 1.22 bits per heavy atom. The van der Waals surface area contributed by atoms with E-state index in [2.05, 4.69) is 32.1 Å². The summed E-state index contributed by atoms with van der Waals surface area (Å²) in [6, 6.07) is -0.657. The van der Waals surface area contributed by atoms with Crippen LogP contribution in [0, 0.1) is 11.8 Å². The molecule has 0 saturated carbocycles. The minimum atomic E-state index is -0.657. The van der Waals surface area contributed by atoms with Gasteiger partial charge < -0.3 is 11.5 Å². The molecule has 0 saturated heterocycles. The Morgan fingerprint density at radius 2 is 1.94 bits per heavy atom. The SMILES string of the molecule is NC(=O)Nc1ncc(C#Cc2cnc(N)nc2)s1. The van der Waals surface area contributed by atoms with Gasteiger partial charge in [0.15, 0.2) is 5.13 Å². The van der Waals surface area contributed by atoms with Gasteiger partial charge in [0.05, 0.1) is 16.6 Å². The van der Waals surface area contributed by atoms with E-state index in [9.17, 15) is 4.79 Å². The zero-order valence-corrected chi connectivity index (χ0v) is 9.86. The van der Waals surface area contributed by atoms with E-state index < -0.39 is 6.03 Å². The first kappa shape index (κ1) is 11.8. The predicted octanol–water partition coefficient (Wildman–Crippen LogP) is 0.406. The number of rotatable bonds is 1. The number of hydrogen-bond donors (Lipinski definition) is 3. The fourth-order valence-corrected chi connectivity index (χ4v) is 1.70. The standard InChI is InChI=1S/C10H8N6OS/c11-8-13-3-6(4-14-8)1-2-7-5-15-10(18-7)16-9(12)17/h3-5H,(H2,11,13,14)(H3,12,15,16,17). The van der Waals surface area contributed by atoms with E-state index in [1.807, 2.05) is 0 Å². The van der Waals surface area contributed by atoms with E-state index in [4.69, 9.17) is 11.5 Å². The largest absolute Gasteiger partial charge is 0.368 e. The van der Waals surface area contributed by atoms with Gasteiger partial charge in [-0.15, -0.1) is 0 Å². The van der Waals surface area contributed by atoms with Crippen LogP contribution in [0.3, 0.4) is 0 Å². The van der Waals surface area contributed by atoms with Gasteiger partial charge in [-0.25, -0.2) is 19.7 Å². The topological polar surface area (TPSA) is 120 Å². The second-order valence-electron chi connectivity index (χ2n) is 3.10. The molecule has 2 amide bonds. The van der Waals surface area contributed by atoms with Crippen molar-refractivity contribution in [1.82, 2.24) is 15.0 Å². The lowest BCUT2D eigenvalue weighted by molar-refractivity contribution is 0.259. The van der Waals surface area contributed by atoms with Gasteiger partial charge in [-0.05, 0) is 5.92 Å². The molecule has 90 valence electrons. The molecule has 2 aromatic heterocycles. The highest BCUT2D eigenvalue weighted by Crippen LogP contribution is 2.16. The van der Waals surface area contributed by atoms with Crippen LogP contribution in [0.5, 0.6) is 0 Å². The molecule has 0 radical (unpaired) electrons. The number of anilines is 2. The number of carbonyl (C=O) groups is 1. The number of hydrogen-bond acceptors (Lipinski definition) is 6. The third-order valence-corrected chi connectivity index (χ3v) is 2.57. The summed E-state index contributed by atoms with van der Waals surface area (Å²) in [5.74, 6) is 5.92. The van der Waals surface area contributed by atoms with Crippen molar-refractivity contribution >= 4 is 28.4 Å². The maximum absolute atomic E-state index is 10.6. The third kappa shape index (κ3) is 3.16. The molecule has 2 aromatic rings. The molecule has 0 spiro atoms. The number of aromatic nitrogens is 3. The number of thiazole rings is 1. The number of nitrogen functional groups attached to an aromatic ring is 1. The Labute approximate surface area is 106 Å². The zero-order chi connectivity index (χ0) is 13.0. The van der Waals surface area contributed by atoms with Crippen molar-refractivity contribution in [2.24, 2.45) is 5.73 Å². The van der Waals surface area contributed by atoms with Gasteiger partial charge in [0.1, 0.15) is 0 Å². The number of nitrogens with two attached hydrogens (primary N) is 2. The second-order valence-corrected chi connectivity index (χ2v) is 4.13. The second kappa shape index (κ2) is 5.11. The first-order chi connectivity index (χ1) is 8.63. The minimum absolute atomic E-state index is 0.200. The average molecular weight is 260 g/mol. The maximum Gasteiger partial charge on any atom is 0.318 e. The van der Waals surface area contributed by atoms with Crippen LogP contribution in [0.25, 0.3) is 0 Å². The van der Waals surface area contributed by atoms with Gasteiger partial charge in [-0.2, -0.15) is 0 Å². The molecule has 0 aliphatic heterocycles. The molecule has 18 heavy (non-hydrogen) atoms. The van der Waals surface area contributed by atoms with Gasteiger partial charge in [0.2, 0.25) is 5.95 Å². The van der Waals surface area contributed by atoms with Crippen LogP contribution in [0.2, 0.25) is 0 Å². The molecule has 2 heterocycles. The van der Waals surface area contributed by atoms with Crippen LogP contribution in [-0.4, -0.2) is 21.0 Å². The van der Waals surface area contributed by atoms with E-state index >= 15 is 0 Å². The Balaban J connectivity index is 2.12. The van der Waals surface area contributed by atoms with Crippen LogP contribution in [-0.2, 0) is 0 Å². The molecule has 0 fully saturated rings. The van der Waals surface area contributed by atoms with Gasteiger partial charge >= 0.3 is 6.03 Å².